The van der Waals surface area contributed by atoms with Crippen molar-refractivity contribution in [3.63, 3.8) is 0 Å². The highest BCUT2D eigenvalue weighted by atomic mass is 16.5. The van der Waals surface area contributed by atoms with Crippen molar-refractivity contribution in [3.05, 3.63) is 78.5 Å². The lowest BCUT2D eigenvalue weighted by atomic mass is 9.86. The summed E-state index contributed by atoms with van der Waals surface area (Å²) in [5.41, 5.74) is 3.01. The Hall–Kier alpha value is -3.54. The molecule has 1 fully saturated rings. The van der Waals surface area contributed by atoms with E-state index in [1.807, 2.05) is 54.7 Å². The van der Waals surface area contributed by atoms with Crippen LogP contribution < -0.4 is 15.4 Å². The van der Waals surface area contributed by atoms with E-state index in [2.05, 4.69) is 22.2 Å². The molecule has 6 heteroatoms. The van der Waals surface area contributed by atoms with Crippen LogP contribution in [0.5, 0.6) is 5.75 Å². The number of aromatic nitrogens is 1. The normalized spacial score (nSPS) is 17.7. The van der Waals surface area contributed by atoms with Crippen LogP contribution in [0.3, 0.4) is 0 Å². The van der Waals surface area contributed by atoms with Crippen molar-refractivity contribution < 1.29 is 14.3 Å². The first-order valence-corrected chi connectivity index (χ1v) is 10.1. The predicted octanol–water partition coefficient (Wildman–Crippen LogP) is 3.24. The smallest absolute Gasteiger partial charge is 0.243 e. The molecule has 30 heavy (non-hydrogen) atoms. The highest BCUT2D eigenvalue weighted by Crippen LogP contribution is 2.25. The van der Waals surface area contributed by atoms with E-state index in [-0.39, 0.29) is 23.9 Å². The van der Waals surface area contributed by atoms with Crippen molar-refractivity contribution in [2.45, 2.75) is 38.0 Å². The summed E-state index contributed by atoms with van der Waals surface area (Å²) >= 11 is 0. The van der Waals surface area contributed by atoms with Gasteiger partial charge in [0.2, 0.25) is 11.8 Å². The van der Waals surface area contributed by atoms with Crippen LogP contribution in [0.4, 0.5) is 0 Å². The van der Waals surface area contributed by atoms with E-state index in [1.165, 1.54) is 6.08 Å². The Morgan fingerprint density at radius 1 is 1.10 bits per heavy atom. The first-order valence-electron chi connectivity index (χ1n) is 10.1. The minimum absolute atomic E-state index is 0.0231. The molecule has 4 rings (SSSR count). The zero-order chi connectivity index (χ0) is 20.9. The van der Waals surface area contributed by atoms with Crippen molar-refractivity contribution >= 4 is 22.7 Å². The molecule has 154 valence electrons. The van der Waals surface area contributed by atoms with Gasteiger partial charge in [-0.05, 0) is 48.2 Å². The molecule has 0 atom stereocenters. The summed E-state index contributed by atoms with van der Waals surface area (Å²) in [6, 6.07) is 16.1. The second-order valence-electron chi connectivity index (χ2n) is 7.62. The van der Waals surface area contributed by atoms with Crippen LogP contribution in [0.2, 0.25) is 0 Å². The van der Waals surface area contributed by atoms with Crippen LogP contribution in [-0.2, 0) is 22.6 Å². The number of amides is 2. The maximum atomic E-state index is 12.5. The molecule has 3 N–H and O–H groups in total. The van der Waals surface area contributed by atoms with E-state index in [0.29, 0.717) is 13.0 Å². The van der Waals surface area contributed by atoms with Crippen LogP contribution in [0.25, 0.3) is 10.9 Å². The average molecular weight is 403 g/mol. The summed E-state index contributed by atoms with van der Waals surface area (Å²) in [4.78, 5) is 27.0. The number of benzene rings is 2. The van der Waals surface area contributed by atoms with Gasteiger partial charge in [0.05, 0.1) is 6.42 Å². The molecule has 0 unspecified atom stereocenters. The van der Waals surface area contributed by atoms with Gasteiger partial charge in [0.15, 0.2) is 0 Å². The number of aromatic amines is 1. The molecule has 6 nitrogen and oxygen atoms in total. The molecule has 3 aromatic rings. The van der Waals surface area contributed by atoms with E-state index in [4.69, 9.17) is 4.74 Å². The van der Waals surface area contributed by atoms with E-state index >= 15 is 0 Å². The molecule has 0 aliphatic heterocycles. The number of ether oxygens (including phenoxy) is 1. The Morgan fingerprint density at radius 2 is 1.87 bits per heavy atom. The molecular formula is C24H25N3O3. The zero-order valence-corrected chi connectivity index (χ0v) is 16.7. The fourth-order valence-corrected chi connectivity index (χ4v) is 3.70. The molecule has 1 heterocycles. The Balaban J connectivity index is 1.33. The lowest BCUT2D eigenvalue weighted by molar-refractivity contribution is -0.121. The number of nitrogens with one attached hydrogen (secondary N) is 3. The third-order valence-corrected chi connectivity index (χ3v) is 5.37. The molecule has 0 radical (unpaired) electrons. The van der Waals surface area contributed by atoms with Crippen LogP contribution in [0.1, 0.15) is 24.0 Å². The largest absolute Gasteiger partial charge is 0.489 e. The Bertz CT molecular complexity index is 1050. The lowest BCUT2D eigenvalue weighted by Crippen LogP contribution is -2.53. The van der Waals surface area contributed by atoms with Crippen LogP contribution >= 0.6 is 0 Å². The van der Waals surface area contributed by atoms with Crippen LogP contribution in [-0.4, -0.2) is 28.9 Å². The predicted molar refractivity (Wildman–Crippen MR) is 116 cm³/mol. The highest BCUT2D eigenvalue weighted by Gasteiger charge is 2.30. The number of hydrogen-bond donors (Lipinski definition) is 3. The van der Waals surface area contributed by atoms with Gasteiger partial charge in [-0.25, -0.2) is 0 Å². The fourth-order valence-electron chi connectivity index (χ4n) is 3.70. The Labute approximate surface area is 175 Å². The standard InChI is InChI=1S/C24H25N3O3/c1-2-23(28)26-18-11-19(12-18)27-24(29)10-17-14-25-22-9-8-20(13-21(17)22)30-15-16-6-4-3-5-7-16/h2-9,13-14,18-19,25H,1,10-12,15H2,(H,26,28)(H,27,29). The topological polar surface area (TPSA) is 83.2 Å². The first kappa shape index (κ1) is 19.8. The number of carbonyl (C=O) groups is 2. The van der Waals surface area contributed by atoms with Crippen molar-refractivity contribution in [2.24, 2.45) is 0 Å². The van der Waals surface area contributed by atoms with E-state index in [9.17, 15) is 9.59 Å². The number of rotatable bonds is 8. The summed E-state index contributed by atoms with van der Waals surface area (Å²) in [6.45, 7) is 3.94. The van der Waals surface area contributed by atoms with Crippen molar-refractivity contribution in [1.29, 1.82) is 0 Å². The average Bonchev–Trinajstić information content (AvgIpc) is 3.13. The van der Waals surface area contributed by atoms with Crippen molar-refractivity contribution in [2.75, 3.05) is 0 Å². The molecule has 1 aromatic heterocycles. The SMILES string of the molecule is C=CC(=O)NC1CC(NC(=O)Cc2c[nH]c3ccc(OCc4ccccc4)cc23)C1. The second-order valence-corrected chi connectivity index (χ2v) is 7.62. The van der Waals surface area contributed by atoms with Gasteiger partial charge >= 0.3 is 0 Å². The van der Waals surface area contributed by atoms with Gasteiger partial charge < -0.3 is 20.4 Å². The van der Waals surface area contributed by atoms with E-state index in [0.717, 1.165) is 40.6 Å². The van der Waals surface area contributed by atoms with Crippen LogP contribution in [0.15, 0.2) is 67.4 Å². The number of H-pyrrole nitrogens is 1. The number of fused-ring (bicyclic) bond motifs is 1. The van der Waals surface area contributed by atoms with E-state index in [1.54, 1.807) is 0 Å². The molecule has 0 spiro atoms. The summed E-state index contributed by atoms with van der Waals surface area (Å²) in [5.74, 6) is 0.575. The van der Waals surface area contributed by atoms with Gasteiger partial charge in [0.25, 0.3) is 0 Å². The quantitative estimate of drug-likeness (QED) is 0.505. The van der Waals surface area contributed by atoms with Crippen molar-refractivity contribution in [1.82, 2.24) is 15.6 Å². The Kier molecular flexibility index (Phi) is 5.84. The fraction of sp³-hybridized carbons (Fsp3) is 0.250. The number of carbonyl (C=O) groups excluding carboxylic acids is 2. The molecule has 2 amide bonds. The second kappa shape index (κ2) is 8.86. The maximum absolute atomic E-state index is 12.5. The van der Waals surface area contributed by atoms with Gasteiger partial charge in [-0.15, -0.1) is 0 Å². The summed E-state index contributed by atoms with van der Waals surface area (Å²) < 4.78 is 5.92. The monoisotopic (exact) mass is 403 g/mol. The molecule has 1 saturated carbocycles. The summed E-state index contributed by atoms with van der Waals surface area (Å²) in [6.07, 6.45) is 4.93. The summed E-state index contributed by atoms with van der Waals surface area (Å²) in [7, 11) is 0. The third kappa shape index (κ3) is 4.71. The van der Waals surface area contributed by atoms with Gasteiger partial charge in [-0.1, -0.05) is 36.9 Å². The number of hydrogen-bond acceptors (Lipinski definition) is 3. The zero-order valence-electron chi connectivity index (χ0n) is 16.7. The Morgan fingerprint density at radius 3 is 2.63 bits per heavy atom. The van der Waals surface area contributed by atoms with Crippen molar-refractivity contribution in [3.8, 4) is 5.75 Å². The first-order chi connectivity index (χ1) is 14.6. The van der Waals surface area contributed by atoms with Gasteiger partial charge in [-0.2, -0.15) is 0 Å². The van der Waals surface area contributed by atoms with Gasteiger partial charge in [0.1, 0.15) is 12.4 Å². The van der Waals surface area contributed by atoms with Gasteiger partial charge in [-0.3, -0.25) is 9.59 Å². The highest BCUT2D eigenvalue weighted by molar-refractivity contribution is 5.90. The minimum atomic E-state index is -0.172. The molecule has 2 aromatic carbocycles. The molecule has 0 bridgehead atoms. The maximum Gasteiger partial charge on any atom is 0.243 e. The summed E-state index contributed by atoms with van der Waals surface area (Å²) in [5, 5.41) is 6.87. The third-order valence-electron chi connectivity index (χ3n) is 5.37. The lowest BCUT2D eigenvalue weighted by Gasteiger charge is -2.36. The van der Waals surface area contributed by atoms with E-state index < -0.39 is 0 Å². The molecule has 1 aliphatic carbocycles. The molecular weight excluding hydrogens is 378 g/mol. The van der Waals surface area contributed by atoms with Gasteiger partial charge in [0, 0.05) is 29.2 Å². The molecule has 1 aliphatic rings. The molecule has 0 saturated heterocycles. The van der Waals surface area contributed by atoms with Crippen LogP contribution in [0, 0.1) is 0 Å². The minimum Gasteiger partial charge on any atom is -0.489 e.